The molecule has 1 aliphatic carbocycles. The maximum Gasteiger partial charge on any atom is 0.244 e. The summed E-state index contributed by atoms with van der Waals surface area (Å²) in [4.78, 5) is 13.8. The second kappa shape index (κ2) is 3.45. The van der Waals surface area contributed by atoms with Gasteiger partial charge in [-0.15, -0.1) is 0 Å². The van der Waals surface area contributed by atoms with Crippen LogP contribution in [0, 0.1) is 0 Å². The van der Waals surface area contributed by atoms with Crippen molar-refractivity contribution < 1.29 is 13.2 Å². The molecule has 2 aliphatic rings. The molecule has 5 nitrogen and oxygen atoms in total. The lowest BCUT2D eigenvalue weighted by Crippen LogP contribution is -2.48. The highest BCUT2D eigenvalue weighted by Crippen LogP contribution is 2.42. The molecule has 0 aromatic carbocycles. The Hall–Kier alpha value is -0.620. The van der Waals surface area contributed by atoms with Gasteiger partial charge in [-0.1, -0.05) is 0 Å². The van der Waals surface area contributed by atoms with Crippen LogP contribution in [0.5, 0.6) is 0 Å². The number of hydrogen-bond donors (Lipinski definition) is 1. The minimum Gasteiger partial charge on any atom is -0.324 e. The highest BCUT2D eigenvalue weighted by Gasteiger charge is 2.58. The predicted molar refractivity (Wildman–Crippen MR) is 65.2 cm³/mol. The second-order valence-corrected chi connectivity index (χ2v) is 8.52. The maximum absolute atomic E-state index is 12.2. The van der Waals surface area contributed by atoms with Gasteiger partial charge in [-0.25, -0.2) is 8.42 Å². The van der Waals surface area contributed by atoms with Crippen LogP contribution in [0.15, 0.2) is 0 Å². The molecule has 1 aliphatic heterocycles. The molecule has 1 N–H and O–H groups in total. The average Bonchev–Trinajstić information content (AvgIpc) is 2.88. The molecule has 0 radical (unpaired) electrons. The van der Waals surface area contributed by atoms with E-state index in [1.807, 2.05) is 6.92 Å². The summed E-state index contributed by atoms with van der Waals surface area (Å²) in [6.45, 7) is 5.49. The van der Waals surface area contributed by atoms with Crippen molar-refractivity contribution in [3.63, 3.8) is 0 Å². The molecule has 0 aromatic rings. The molecule has 1 saturated heterocycles. The molecule has 1 amide bonds. The summed E-state index contributed by atoms with van der Waals surface area (Å²) in [5.74, 6) is 0.0572. The first-order valence-corrected chi connectivity index (χ1v) is 7.77. The van der Waals surface area contributed by atoms with Crippen molar-refractivity contribution in [2.45, 2.75) is 50.1 Å². The third kappa shape index (κ3) is 1.97. The highest BCUT2D eigenvalue weighted by molar-refractivity contribution is 7.92. The van der Waals surface area contributed by atoms with E-state index >= 15 is 0 Å². The van der Waals surface area contributed by atoms with Gasteiger partial charge in [-0.3, -0.25) is 10.1 Å². The molecule has 0 aromatic heterocycles. The van der Waals surface area contributed by atoms with Crippen molar-refractivity contribution in [3.05, 3.63) is 0 Å². The lowest BCUT2D eigenvalue weighted by molar-refractivity contribution is -0.130. The predicted octanol–water partition coefficient (Wildman–Crippen LogP) is 0.120. The Morgan fingerprint density at radius 3 is 2.35 bits per heavy atom. The number of nitrogens with one attached hydrogen (secondary N) is 1. The zero-order valence-electron chi connectivity index (χ0n) is 10.8. The number of hydrogen-bond acceptors (Lipinski definition) is 4. The van der Waals surface area contributed by atoms with Crippen molar-refractivity contribution in [2.24, 2.45) is 0 Å². The number of carbonyl (C=O) groups is 1. The zero-order chi connectivity index (χ0) is 13.1. The number of nitrogens with zero attached hydrogens (tertiary/aromatic N) is 1. The third-order valence-corrected chi connectivity index (χ3v) is 6.06. The van der Waals surface area contributed by atoms with Crippen LogP contribution in [-0.2, 0) is 14.6 Å². The van der Waals surface area contributed by atoms with Crippen LogP contribution in [0.4, 0.5) is 0 Å². The van der Waals surface area contributed by atoms with Crippen LogP contribution >= 0.6 is 0 Å². The van der Waals surface area contributed by atoms with E-state index in [4.69, 9.17) is 0 Å². The van der Waals surface area contributed by atoms with Crippen molar-refractivity contribution in [1.29, 1.82) is 0 Å². The summed E-state index contributed by atoms with van der Waals surface area (Å²) in [7, 11) is -3.18. The Morgan fingerprint density at radius 2 is 2.00 bits per heavy atom. The molecule has 1 spiro atoms. The van der Waals surface area contributed by atoms with E-state index in [9.17, 15) is 13.2 Å². The smallest absolute Gasteiger partial charge is 0.244 e. The molecule has 1 saturated carbocycles. The Morgan fingerprint density at radius 1 is 1.47 bits per heavy atom. The van der Waals surface area contributed by atoms with Gasteiger partial charge in [0, 0.05) is 12.8 Å². The normalized spacial score (nSPS) is 27.9. The summed E-state index contributed by atoms with van der Waals surface area (Å²) in [5, 5.41) is 3.26. The Bertz CT molecular complexity index is 451. The van der Waals surface area contributed by atoms with Crippen LogP contribution in [0.1, 0.15) is 33.6 Å². The van der Waals surface area contributed by atoms with Gasteiger partial charge in [0.25, 0.3) is 0 Å². The van der Waals surface area contributed by atoms with E-state index < -0.39 is 14.6 Å². The topological polar surface area (TPSA) is 66.5 Å². The molecule has 1 atom stereocenters. The maximum atomic E-state index is 12.2. The Labute approximate surface area is 102 Å². The minimum absolute atomic E-state index is 0.0572. The molecule has 2 fully saturated rings. The van der Waals surface area contributed by atoms with Crippen LogP contribution < -0.4 is 5.32 Å². The SMILES string of the molecule is CC1NC2(CC2)C(=O)N1CC(C)(C)S(C)(=O)=O. The lowest BCUT2D eigenvalue weighted by Gasteiger charge is -2.30. The van der Waals surface area contributed by atoms with Gasteiger partial charge in [0.05, 0.1) is 16.5 Å². The minimum atomic E-state index is -3.18. The fourth-order valence-corrected chi connectivity index (χ4v) is 2.58. The average molecular weight is 260 g/mol. The van der Waals surface area contributed by atoms with Gasteiger partial charge < -0.3 is 4.90 Å². The van der Waals surface area contributed by atoms with Crippen molar-refractivity contribution in [2.75, 3.05) is 12.8 Å². The standard InChI is InChI=1S/C11H20N2O3S/c1-8-12-11(5-6-11)9(14)13(8)7-10(2,3)17(4,15)16/h8,12H,5-7H2,1-4H3. The quantitative estimate of drug-likeness (QED) is 0.783. The zero-order valence-corrected chi connectivity index (χ0v) is 11.6. The largest absolute Gasteiger partial charge is 0.324 e. The number of amides is 1. The molecule has 0 bridgehead atoms. The van der Waals surface area contributed by atoms with E-state index in [1.54, 1.807) is 18.7 Å². The summed E-state index contributed by atoms with van der Waals surface area (Å²) in [6, 6.07) is 0. The van der Waals surface area contributed by atoms with Gasteiger partial charge in [-0.05, 0) is 33.6 Å². The number of rotatable bonds is 3. The number of sulfone groups is 1. The first-order chi connectivity index (χ1) is 7.59. The van der Waals surface area contributed by atoms with Crippen LogP contribution in [-0.4, -0.2) is 48.5 Å². The van der Waals surface area contributed by atoms with E-state index in [-0.39, 0.29) is 24.2 Å². The lowest BCUT2D eigenvalue weighted by atomic mass is 10.2. The molecule has 2 rings (SSSR count). The molecule has 98 valence electrons. The number of carbonyl (C=O) groups excluding carboxylic acids is 1. The molecular formula is C11H20N2O3S. The first kappa shape index (κ1) is 12.8. The third-order valence-electron chi connectivity index (χ3n) is 3.93. The van der Waals surface area contributed by atoms with Gasteiger partial charge in [0.1, 0.15) is 0 Å². The van der Waals surface area contributed by atoms with Crippen LogP contribution in [0.2, 0.25) is 0 Å². The van der Waals surface area contributed by atoms with Gasteiger partial charge in [-0.2, -0.15) is 0 Å². The van der Waals surface area contributed by atoms with E-state index in [0.29, 0.717) is 0 Å². The molecule has 1 unspecified atom stereocenters. The summed E-state index contributed by atoms with van der Waals surface area (Å²) < 4.78 is 22.4. The Balaban J connectivity index is 2.17. The summed E-state index contributed by atoms with van der Waals surface area (Å²) in [6.07, 6.45) is 2.88. The molecule has 1 heterocycles. The highest BCUT2D eigenvalue weighted by atomic mass is 32.2. The molecule has 17 heavy (non-hydrogen) atoms. The van der Waals surface area contributed by atoms with Crippen molar-refractivity contribution in [1.82, 2.24) is 10.2 Å². The molecule has 6 heteroatoms. The summed E-state index contributed by atoms with van der Waals surface area (Å²) >= 11 is 0. The van der Waals surface area contributed by atoms with E-state index in [2.05, 4.69) is 5.32 Å². The van der Waals surface area contributed by atoms with Crippen LogP contribution in [0.25, 0.3) is 0 Å². The fourth-order valence-electron chi connectivity index (χ4n) is 2.21. The first-order valence-electron chi connectivity index (χ1n) is 5.87. The van der Waals surface area contributed by atoms with Gasteiger partial charge in [0.15, 0.2) is 9.84 Å². The van der Waals surface area contributed by atoms with Gasteiger partial charge in [0.2, 0.25) is 5.91 Å². The van der Waals surface area contributed by atoms with E-state index in [0.717, 1.165) is 12.8 Å². The van der Waals surface area contributed by atoms with Crippen molar-refractivity contribution in [3.8, 4) is 0 Å². The van der Waals surface area contributed by atoms with Crippen LogP contribution in [0.3, 0.4) is 0 Å². The van der Waals surface area contributed by atoms with E-state index in [1.165, 1.54) is 6.26 Å². The summed E-state index contributed by atoms with van der Waals surface area (Å²) in [5.41, 5.74) is -0.368. The second-order valence-electron chi connectivity index (χ2n) is 5.87. The molecular weight excluding hydrogens is 240 g/mol. The van der Waals surface area contributed by atoms with Gasteiger partial charge >= 0.3 is 0 Å². The Kier molecular flexibility index (Phi) is 2.60. The monoisotopic (exact) mass is 260 g/mol. The fraction of sp³-hybridized carbons (Fsp3) is 0.909. The van der Waals surface area contributed by atoms with Crippen molar-refractivity contribution >= 4 is 15.7 Å².